The number of fused-ring (bicyclic) bond motifs is 1. The normalized spacial score (nSPS) is 13.8. The number of para-hydroxylation sites is 1. The van der Waals surface area contributed by atoms with Gasteiger partial charge >= 0.3 is 6.18 Å². The quantitative estimate of drug-likeness (QED) is 0.760. The highest BCUT2D eigenvalue weighted by Crippen LogP contribution is 2.35. The van der Waals surface area contributed by atoms with Crippen molar-refractivity contribution >= 4 is 39.2 Å². The molecule has 3 rings (SSSR count). The molecule has 1 aliphatic heterocycles. The number of benzene rings is 1. The lowest BCUT2D eigenvalue weighted by molar-refractivity contribution is -0.137. The molecule has 0 spiro atoms. The highest BCUT2D eigenvalue weighted by Gasteiger charge is 2.34. The molecule has 0 unspecified atom stereocenters. The first kappa shape index (κ1) is 18.2. The second-order valence-electron chi connectivity index (χ2n) is 5.32. The van der Waals surface area contributed by atoms with Gasteiger partial charge in [-0.2, -0.15) is 13.2 Å². The summed E-state index contributed by atoms with van der Waals surface area (Å²) in [5, 5.41) is 2.20. The van der Waals surface area contributed by atoms with Crippen LogP contribution >= 0.6 is 15.9 Å². The van der Waals surface area contributed by atoms with Crippen molar-refractivity contribution in [2.75, 3.05) is 23.4 Å². The van der Waals surface area contributed by atoms with E-state index < -0.39 is 30.1 Å². The topological polar surface area (TPSA) is 71.5 Å². The van der Waals surface area contributed by atoms with E-state index in [-0.39, 0.29) is 18.1 Å². The van der Waals surface area contributed by atoms with Crippen LogP contribution in [0.3, 0.4) is 0 Å². The third kappa shape index (κ3) is 3.79. The van der Waals surface area contributed by atoms with Crippen LogP contribution in [0.15, 0.2) is 41.0 Å². The number of nitrogens with one attached hydrogen (secondary N) is 1. The summed E-state index contributed by atoms with van der Waals surface area (Å²) in [7, 11) is 0. The molecule has 1 N–H and O–H groups in total. The van der Waals surface area contributed by atoms with E-state index in [1.54, 1.807) is 12.1 Å². The minimum absolute atomic E-state index is 0.120. The molecule has 6 nitrogen and oxygen atoms in total. The summed E-state index contributed by atoms with van der Waals surface area (Å²) in [6.45, 7) is -0.784. The number of aromatic nitrogens is 1. The summed E-state index contributed by atoms with van der Waals surface area (Å²) in [4.78, 5) is 29.5. The van der Waals surface area contributed by atoms with Gasteiger partial charge in [-0.05, 0) is 40.2 Å². The molecule has 136 valence electrons. The van der Waals surface area contributed by atoms with E-state index >= 15 is 0 Å². The van der Waals surface area contributed by atoms with Crippen LogP contribution in [0.4, 0.5) is 24.7 Å². The summed E-state index contributed by atoms with van der Waals surface area (Å²) in [6.07, 6.45) is -4.61. The van der Waals surface area contributed by atoms with Crippen LogP contribution in [-0.2, 0) is 15.8 Å². The maximum Gasteiger partial charge on any atom is 0.418 e. The number of anilines is 2. The van der Waals surface area contributed by atoms with Crippen LogP contribution in [0.2, 0.25) is 0 Å². The van der Waals surface area contributed by atoms with Crippen LogP contribution in [-0.4, -0.2) is 29.9 Å². The smallest absolute Gasteiger partial charge is 0.418 e. The monoisotopic (exact) mass is 429 g/mol. The van der Waals surface area contributed by atoms with E-state index in [1.165, 1.54) is 12.1 Å². The summed E-state index contributed by atoms with van der Waals surface area (Å²) in [5.41, 5.74) is -1.35. The van der Waals surface area contributed by atoms with Gasteiger partial charge in [0.1, 0.15) is 11.1 Å². The number of rotatable bonds is 3. The third-order valence-electron chi connectivity index (χ3n) is 3.52. The van der Waals surface area contributed by atoms with Gasteiger partial charge in [0, 0.05) is 0 Å². The average molecular weight is 430 g/mol. The fourth-order valence-electron chi connectivity index (χ4n) is 2.39. The van der Waals surface area contributed by atoms with Crippen molar-refractivity contribution in [1.29, 1.82) is 0 Å². The second-order valence-corrected chi connectivity index (χ2v) is 6.13. The molecule has 1 aromatic heterocycles. The highest BCUT2D eigenvalue weighted by atomic mass is 79.9. The first-order chi connectivity index (χ1) is 12.3. The predicted molar refractivity (Wildman–Crippen MR) is 89.9 cm³/mol. The van der Waals surface area contributed by atoms with E-state index in [9.17, 15) is 22.8 Å². The van der Waals surface area contributed by atoms with Crippen LogP contribution in [0, 0.1) is 0 Å². The molecule has 0 aliphatic carbocycles. The predicted octanol–water partition coefficient (Wildman–Crippen LogP) is 3.23. The number of carbonyl (C=O) groups excluding carboxylic acids is 2. The Morgan fingerprint density at radius 2 is 2.00 bits per heavy atom. The Hall–Kier alpha value is -2.62. The molecular formula is C16H11BrF3N3O3. The van der Waals surface area contributed by atoms with Crippen LogP contribution in [0.5, 0.6) is 5.75 Å². The number of amides is 2. The zero-order chi connectivity index (χ0) is 18.9. The highest BCUT2D eigenvalue weighted by molar-refractivity contribution is 9.10. The molecular weight excluding hydrogens is 419 g/mol. The summed E-state index contributed by atoms with van der Waals surface area (Å²) in [5.74, 6) is -0.891. The maximum atomic E-state index is 13.0. The molecule has 10 heteroatoms. The maximum absolute atomic E-state index is 13.0. The lowest BCUT2D eigenvalue weighted by atomic mass is 10.1. The SMILES string of the molecule is O=C(CN1C(=O)COc2ccc(Br)nc21)Nc1ccccc1C(F)(F)F. The molecule has 2 aromatic rings. The summed E-state index contributed by atoms with van der Waals surface area (Å²) < 4.78 is 44.7. The number of carbonyl (C=O) groups is 2. The van der Waals surface area contributed by atoms with Crippen molar-refractivity contribution < 1.29 is 27.5 Å². The second kappa shape index (κ2) is 6.94. The van der Waals surface area contributed by atoms with E-state index in [0.29, 0.717) is 10.4 Å². The van der Waals surface area contributed by atoms with Crippen molar-refractivity contribution in [3.63, 3.8) is 0 Å². The van der Waals surface area contributed by atoms with Crippen molar-refractivity contribution in [3.8, 4) is 5.75 Å². The Morgan fingerprint density at radius 1 is 1.27 bits per heavy atom. The largest absolute Gasteiger partial charge is 0.480 e. The van der Waals surface area contributed by atoms with Crippen LogP contribution in [0.25, 0.3) is 0 Å². The zero-order valence-electron chi connectivity index (χ0n) is 13.0. The lowest BCUT2D eigenvalue weighted by Gasteiger charge is -2.27. The Balaban J connectivity index is 1.82. The first-order valence-corrected chi connectivity index (χ1v) is 8.11. The molecule has 0 fully saturated rings. The van der Waals surface area contributed by atoms with Gasteiger partial charge in [0.15, 0.2) is 18.2 Å². The van der Waals surface area contributed by atoms with Crippen molar-refractivity contribution in [2.24, 2.45) is 0 Å². The van der Waals surface area contributed by atoms with Crippen LogP contribution in [0.1, 0.15) is 5.56 Å². The number of pyridine rings is 1. The molecule has 0 saturated heterocycles. The lowest BCUT2D eigenvalue weighted by Crippen LogP contribution is -2.44. The number of alkyl halides is 3. The van der Waals surface area contributed by atoms with Crippen molar-refractivity contribution in [3.05, 3.63) is 46.6 Å². The van der Waals surface area contributed by atoms with Crippen molar-refractivity contribution in [1.82, 2.24) is 4.98 Å². The Labute approximate surface area is 154 Å². The van der Waals surface area contributed by atoms with Gasteiger partial charge in [-0.15, -0.1) is 0 Å². The fraction of sp³-hybridized carbons (Fsp3) is 0.188. The van der Waals surface area contributed by atoms with Gasteiger partial charge < -0.3 is 10.1 Å². The zero-order valence-corrected chi connectivity index (χ0v) is 14.6. The molecule has 26 heavy (non-hydrogen) atoms. The van der Waals surface area contributed by atoms with E-state index in [1.807, 2.05) is 0 Å². The minimum atomic E-state index is -4.61. The van der Waals surface area contributed by atoms with E-state index in [4.69, 9.17) is 4.74 Å². The van der Waals surface area contributed by atoms with E-state index in [2.05, 4.69) is 26.2 Å². The average Bonchev–Trinajstić information content (AvgIpc) is 2.57. The molecule has 1 aliphatic rings. The molecule has 0 radical (unpaired) electrons. The Kier molecular flexibility index (Phi) is 4.86. The number of hydrogen-bond acceptors (Lipinski definition) is 4. The molecule has 0 saturated carbocycles. The number of ether oxygens (including phenoxy) is 1. The Morgan fingerprint density at radius 3 is 2.73 bits per heavy atom. The third-order valence-corrected chi connectivity index (χ3v) is 3.96. The fourth-order valence-corrected chi connectivity index (χ4v) is 2.69. The number of nitrogens with zero attached hydrogens (tertiary/aromatic N) is 2. The number of hydrogen-bond donors (Lipinski definition) is 1. The molecule has 2 heterocycles. The van der Waals surface area contributed by atoms with E-state index in [0.717, 1.165) is 17.0 Å². The van der Waals surface area contributed by atoms with Crippen LogP contribution < -0.4 is 15.0 Å². The molecule has 2 amide bonds. The molecule has 0 atom stereocenters. The van der Waals surface area contributed by atoms with Gasteiger partial charge in [-0.1, -0.05) is 12.1 Å². The van der Waals surface area contributed by atoms with Gasteiger partial charge in [-0.25, -0.2) is 4.98 Å². The molecule has 0 bridgehead atoms. The summed E-state index contributed by atoms with van der Waals surface area (Å²) in [6, 6.07) is 7.78. The van der Waals surface area contributed by atoms with Gasteiger partial charge in [0.25, 0.3) is 5.91 Å². The van der Waals surface area contributed by atoms with Crippen molar-refractivity contribution in [2.45, 2.75) is 6.18 Å². The summed E-state index contributed by atoms with van der Waals surface area (Å²) >= 11 is 3.16. The van der Waals surface area contributed by atoms with Gasteiger partial charge in [-0.3, -0.25) is 14.5 Å². The van der Waals surface area contributed by atoms with Gasteiger partial charge in [0.2, 0.25) is 5.91 Å². The standard InChI is InChI=1S/C16H11BrF3N3O3/c17-12-6-5-11-15(22-12)23(14(25)8-26-11)7-13(24)21-10-4-2-1-3-9(10)16(18,19)20/h1-6H,7-8H2,(H,21,24). The minimum Gasteiger partial charge on any atom is -0.480 e. The molecule has 1 aromatic carbocycles. The van der Waals surface area contributed by atoms with Gasteiger partial charge in [0.05, 0.1) is 11.3 Å². The Bertz CT molecular complexity index is 873. The first-order valence-electron chi connectivity index (χ1n) is 7.31. The number of halogens is 4.